The fourth-order valence-electron chi connectivity index (χ4n) is 3.18. The molecule has 0 spiro atoms. The van der Waals surface area contributed by atoms with Crippen molar-refractivity contribution in [2.45, 2.75) is 24.8 Å². The molecule has 2 aromatic carbocycles. The highest BCUT2D eigenvalue weighted by Crippen LogP contribution is 2.49. The van der Waals surface area contributed by atoms with Gasteiger partial charge in [0.2, 0.25) is 5.91 Å². The van der Waals surface area contributed by atoms with E-state index in [0.717, 1.165) is 35.5 Å². The molecule has 1 amide bonds. The second-order valence-electron chi connectivity index (χ2n) is 6.29. The van der Waals surface area contributed by atoms with Crippen molar-refractivity contribution in [1.82, 2.24) is 4.90 Å². The molecular weight excluding hydrogens is 302 g/mol. The van der Waals surface area contributed by atoms with E-state index in [1.807, 2.05) is 55.6 Å². The molecule has 1 aliphatic carbocycles. The predicted octanol–water partition coefficient (Wildman–Crippen LogP) is 3.39. The Bertz CT molecular complexity index is 723. The molecule has 4 nitrogen and oxygen atoms in total. The fraction of sp³-hybridized carbons (Fsp3) is 0.350. The van der Waals surface area contributed by atoms with Gasteiger partial charge in [0.15, 0.2) is 0 Å². The molecule has 0 unspecified atom stereocenters. The Labute approximate surface area is 143 Å². The van der Waals surface area contributed by atoms with Gasteiger partial charge in [-0.05, 0) is 30.5 Å². The summed E-state index contributed by atoms with van der Waals surface area (Å²) in [5, 5.41) is 0. The lowest BCUT2D eigenvalue weighted by molar-refractivity contribution is -0.133. The van der Waals surface area contributed by atoms with Crippen LogP contribution >= 0.6 is 0 Å². The molecule has 0 aromatic heterocycles. The van der Waals surface area contributed by atoms with Crippen molar-refractivity contribution >= 4 is 5.91 Å². The molecule has 0 saturated heterocycles. The van der Waals surface area contributed by atoms with Gasteiger partial charge in [0, 0.05) is 25.2 Å². The van der Waals surface area contributed by atoms with E-state index >= 15 is 0 Å². The van der Waals surface area contributed by atoms with Crippen LogP contribution in [0.5, 0.6) is 11.5 Å². The Balaban J connectivity index is 1.78. The summed E-state index contributed by atoms with van der Waals surface area (Å²) in [5.41, 5.74) is 1.75. The minimum Gasteiger partial charge on any atom is -0.497 e. The molecule has 0 radical (unpaired) electrons. The third-order valence-corrected chi connectivity index (χ3v) is 4.73. The number of benzene rings is 2. The Morgan fingerprint density at radius 1 is 1.08 bits per heavy atom. The molecule has 24 heavy (non-hydrogen) atoms. The number of carbonyl (C=O) groups is 1. The highest BCUT2D eigenvalue weighted by atomic mass is 16.5. The van der Waals surface area contributed by atoms with Crippen molar-refractivity contribution in [3.63, 3.8) is 0 Å². The molecular formula is C20H23NO3. The maximum absolute atomic E-state index is 13.0. The van der Waals surface area contributed by atoms with Crippen LogP contribution in [0.1, 0.15) is 24.0 Å². The highest BCUT2D eigenvalue weighted by Gasteiger charge is 2.52. The van der Waals surface area contributed by atoms with Gasteiger partial charge in [-0.15, -0.1) is 0 Å². The molecule has 0 bridgehead atoms. The molecule has 0 aliphatic heterocycles. The number of carbonyl (C=O) groups excluding carboxylic acids is 1. The van der Waals surface area contributed by atoms with Crippen LogP contribution in [0.15, 0.2) is 48.5 Å². The van der Waals surface area contributed by atoms with Gasteiger partial charge in [-0.3, -0.25) is 4.79 Å². The van der Waals surface area contributed by atoms with Gasteiger partial charge >= 0.3 is 0 Å². The van der Waals surface area contributed by atoms with Gasteiger partial charge in [0.25, 0.3) is 0 Å². The van der Waals surface area contributed by atoms with Gasteiger partial charge in [-0.2, -0.15) is 0 Å². The van der Waals surface area contributed by atoms with Gasteiger partial charge in [0.1, 0.15) is 11.5 Å². The van der Waals surface area contributed by atoms with Crippen LogP contribution in [0.2, 0.25) is 0 Å². The monoisotopic (exact) mass is 325 g/mol. The number of rotatable bonds is 6. The maximum atomic E-state index is 13.0. The van der Waals surface area contributed by atoms with Crippen LogP contribution in [-0.4, -0.2) is 32.1 Å². The summed E-state index contributed by atoms with van der Waals surface area (Å²) in [6.07, 6.45) is 1.83. The quantitative estimate of drug-likeness (QED) is 0.817. The van der Waals surface area contributed by atoms with Crippen molar-refractivity contribution < 1.29 is 14.3 Å². The van der Waals surface area contributed by atoms with Crippen molar-refractivity contribution in [2.75, 3.05) is 21.3 Å². The Morgan fingerprint density at radius 3 is 2.38 bits per heavy atom. The van der Waals surface area contributed by atoms with Crippen molar-refractivity contribution in [2.24, 2.45) is 0 Å². The number of hydrogen-bond donors (Lipinski definition) is 0. The largest absolute Gasteiger partial charge is 0.497 e. The second kappa shape index (κ2) is 6.56. The average Bonchev–Trinajstić information content (AvgIpc) is 3.44. The molecule has 1 saturated carbocycles. The van der Waals surface area contributed by atoms with Crippen LogP contribution in [0.4, 0.5) is 0 Å². The van der Waals surface area contributed by atoms with E-state index in [0.29, 0.717) is 6.54 Å². The molecule has 2 aromatic rings. The lowest BCUT2D eigenvalue weighted by Gasteiger charge is -2.25. The summed E-state index contributed by atoms with van der Waals surface area (Å²) in [6.45, 7) is 0.514. The first-order valence-electron chi connectivity index (χ1n) is 8.13. The number of hydrogen-bond acceptors (Lipinski definition) is 3. The third kappa shape index (κ3) is 2.96. The van der Waals surface area contributed by atoms with Crippen LogP contribution in [0.3, 0.4) is 0 Å². The lowest BCUT2D eigenvalue weighted by Crippen LogP contribution is -2.36. The third-order valence-electron chi connectivity index (χ3n) is 4.73. The van der Waals surface area contributed by atoms with Crippen molar-refractivity contribution in [1.29, 1.82) is 0 Å². The number of methoxy groups -OCH3 is 2. The maximum Gasteiger partial charge on any atom is 0.233 e. The first-order chi connectivity index (χ1) is 11.6. The topological polar surface area (TPSA) is 38.8 Å². The number of nitrogens with zero attached hydrogens (tertiary/aromatic N) is 1. The van der Waals surface area contributed by atoms with E-state index in [1.54, 1.807) is 19.1 Å². The Kier molecular flexibility index (Phi) is 4.47. The zero-order valence-corrected chi connectivity index (χ0v) is 14.4. The number of ether oxygens (including phenoxy) is 2. The van der Waals surface area contributed by atoms with E-state index in [2.05, 4.69) is 0 Å². The van der Waals surface area contributed by atoms with E-state index in [1.165, 1.54) is 0 Å². The van der Waals surface area contributed by atoms with Crippen LogP contribution in [0, 0.1) is 0 Å². The van der Waals surface area contributed by atoms with Crippen LogP contribution < -0.4 is 9.47 Å². The minimum absolute atomic E-state index is 0.173. The van der Waals surface area contributed by atoms with E-state index in [9.17, 15) is 4.79 Å². The van der Waals surface area contributed by atoms with E-state index < -0.39 is 0 Å². The zero-order chi connectivity index (χ0) is 17.2. The second-order valence-corrected chi connectivity index (χ2v) is 6.29. The van der Waals surface area contributed by atoms with E-state index in [4.69, 9.17) is 9.47 Å². The number of amides is 1. The van der Waals surface area contributed by atoms with Gasteiger partial charge < -0.3 is 14.4 Å². The normalized spacial score (nSPS) is 14.8. The Morgan fingerprint density at radius 2 is 1.79 bits per heavy atom. The molecule has 1 aliphatic rings. The fourth-order valence-corrected chi connectivity index (χ4v) is 3.18. The Hall–Kier alpha value is -2.49. The summed E-state index contributed by atoms with van der Waals surface area (Å²) in [5.74, 6) is 1.65. The SMILES string of the molecule is COc1ccc(CN(C)C(=O)C2(c3ccccc3)CC2)c(OC)c1. The van der Waals surface area contributed by atoms with E-state index in [-0.39, 0.29) is 11.3 Å². The highest BCUT2D eigenvalue weighted by molar-refractivity contribution is 5.91. The lowest BCUT2D eigenvalue weighted by atomic mass is 9.94. The molecule has 0 atom stereocenters. The molecule has 3 rings (SSSR count). The minimum atomic E-state index is -0.338. The zero-order valence-electron chi connectivity index (χ0n) is 14.4. The standard InChI is InChI=1S/C20H23NO3/c1-21(14-15-9-10-17(23-2)13-18(15)24-3)19(22)20(11-12-20)16-7-5-4-6-8-16/h4-10,13H,11-12,14H2,1-3H3. The summed E-state index contributed by atoms with van der Waals surface area (Å²) < 4.78 is 10.7. The van der Waals surface area contributed by atoms with Crippen molar-refractivity contribution in [3.05, 3.63) is 59.7 Å². The van der Waals surface area contributed by atoms with Crippen LogP contribution in [-0.2, 0) is 16.8 Å². The average molecular weight is 325 g/mol. The smallest absolute Gasteiger partial charge is 0.233 e. The first kappa shape index (κ1) is 16.4. The summed E-state index contributed by atoms with van der Waals surface area (Å²) >= 11 is 0. The molecule has 1 fully saturated rings. The van der Waals surface area contributed by atoms with Gasteiger partial charge in [0.05, 0.1) is 19.6 Å². The molecule has 0 N–H and O–H groups in total. The molecule has 126 valence electrons. The molecule has 4 heteroatoms. The summed E-state index contributed by atoms with van der Waals surface area (Å²) in [4.78, 5) is 14.8. The van der Waals surface area contributed by atoms with Crippen LogP contribution in [0.25, 0.3) is 0 Å². The molecule has 0 heterocycles. The van der Waals surface area contributed by atoms with Gasteiger partial charge in [-0.25, -0.2) is 0 Å². The van der Waals surface area contributed by atoms with Crippen molar-refractivity contribution in [3.8, 4) is 11.5 Å². The summed E-state index contributed by atoms with van der Waals surface area (Å²) in [6, 6.07) is 15.8. The van der Waals surface area contributed by atoms with Gasteiger partial charge in [-0.1, -0.05) is 30.3 Å². The first-order valence-corrected chi connectivity index (χ1v) is 8.13. The predicted molar refractivity (Wildman–Crippen MR) is 93.4 cm³/mol. The summed E-state index contributed by atoms with van der Waals surface area (Å²) in [7, 11) is 5.11. The number of likely N-dealkylation sites (N-methyl/N-ethyl adjacent to an activating group) is 1.